The molecule has 0 fully saturated rings. The van der Waals surface area contributed by atoms with Crippen LogP contribution in [-0.2, 0) is 14.3 Å². The van der Waals surface area contributed by atoms with Crippen molar-refractivity contribution in [3.8, 4) is 0 Å². The molecule has 15 nitrogen and oxygen atoms in total. The number of nitrogens with one attached hydrogen (secondary N) is 2. The summed E-state index contributed by atoms with van der Waals surface area (Å²) in [5.41, 5.74) is 7.91. The Labute approximate surface area is 240 Å². The molecular formula is C27H31N7O8. The summed E-state index contributed by atoms with van der Waals surface area (Å²) < 4.78 is 14.3. The maximum atomic E-state index is 13.4. The van der Waals surface area contributed by atoms with Gasteiger partial charge in [-0.05, 0) is 50.5 Å². The number of H-pyrrole nitrogens is 1. The fourth-order valence-electron chi connectivity index (χ4n) is 3.60. The smallest absolute Gasteiger partial charge is 0.419 e. The minimum absolute atomic E-state index is 0.0201. The van der Waals surface area contributed by atoms with E-state index >= 15 is 0 Å². The van der Waals surface area contributed by atoms with E-state index in [-0.39, 0.29) is 23.8 Å². The lowest BCUT2D eigenvalue weighted by atomic mass is 10.1. The number of imide groups is 1. The van der Waals surface area contributed by atoms with E-state index in [1.807, 2.05) is 0 Å². The lowest BCUT2D eigenvalue weighted by Crippen LogP contribution is -2.38. The van der Waals surface area contributed by atoms with Gasteiger partial charge in [-0.1, -0.05) is 18.1 Å². The highest BCUT2D eigenvalue weighted by Gasteiger charge is 2.28. The van der Waals surface area contributed by atoms with E-state index in [9.17, 15) is 24.3 Å². The number of carbonyl (C=O) groups excluding carboxylic acids is 4. The summed E-state index contributed by atoms with van der Waals surface area (Å²) in [7, 11) is 0. The number of nitrogens with two attached hydrogens (primary N) is 1. The second kappa shape index (κ2) is 14.4. The molecule has 0 aliphatic carbocycles. The van der Waals surface area contributed by atoms with Gasteiger partial charge in [0.2, 0.25) is 6.79 Å². The van der Waals surface area contributed by atoms with Gasteiger partial charge in [-0.2, -0.15) is 0 Å². The lowest BCUT2D eigenvalue weighted by Gasteiger charge is -2.19. The normalized spacial score (nSPS) is 12.2. The van der Waals surface area contributed by atoms with E-state index in [1.165, 1.54) is 25.5 Å². The number of amidine groups is 1. The average molecular weight is 582 g/mol. The van der Waals surface area contributed by atoms with Crippen LogP contribution in [0, 0.1) is 13.8 Å². The molecule has 0 saturated carbocycles. The molecule has 3 aromatic rings. The van der Waals surface area contributed by atoms with E-state index in [0.717, 1.165) is 16.8 Å². The van der Waals surface area contributed by atoms with Crippen LogP contribution in [0.5, 0.6) is 0 Å². The quantitative estimate of drug-likeness (QED) is 0.119. The number of aromatic amines is 1. The molecule has 3 rings (SSSR count). The number of nitrogens with zero attached hydrogens (tertiary/aromatic N) is 4. The van der Waals surface area contributed by atoms with Gasteiger partial charge in [0.05, 0.1) is 23.3 Å². The third-order valence-corrected chi connectivity index (χ3v) is 5.81. The third-order valence-electron chi connectivity index (χ3n) is 5.81. The molecule has 222 valence electrons. The van der Waals surface area contributed by atoms with Crippen LogP contribution < -0.4 is 11.1 Å². The molecule has 3 amide bonds. The van der Waals surface area contributed by atoms with Crippen molar-refractivity contribution in [3.63, 3.8) is 0 Å². The van der Waals surface area contributed by atoms with Crippen molar-refractivity contribution < 1.29 is 38.3 Å². The van der Waals surface area contributed by atoms with Crippen LogP contribution in [0.3, 0.4) is 0 Å². The molecule has 0 spiro atoms. The summed E-state index contributed by atoms with van der Waals surface area (Å²) in [5, 5.41) is 15.5. The Kier molecular flexibility index (Phi) is 10.7. The van der Waals surface area contributed by atoms with Crippen molar-refractivity contribution in [1.82, 2.24) is 15.0 Å². The zero-order valence-corrected chi connectivity index (χ0v) is 23.4. The predicted octanol–water partition coefficient (Wildman–Crippen LogP) is 2.81. The van der Waals surface area contributed by atoms with Crippen molar-refractivity contribution in [2.45, 2.75) is 40.2 Å². The van der Waals surface area contributed by atoms with Crippen LogP contribution in [-0.4, -0.2) is 75.6 Å². The summed E-state index contributed by atoms with van der Waals surface area (Å²) in [6, 6.07) is 6.40. The molecule has 1 unspecified atom stereocenters. The number of rotatable bonds is 10. The summed E-state index contributed by atoms with van der Waals surface area (Å²) in [4.78, 5) is 62.6. The highest BCUT2D eigenvalue weighted by atomic mass is 16.7. The minimum atomic E-state index is -1.40. The van der Waals surface area contributed by atoms with Gasteiger partial charge < -0.3 is 35.1 Å². The molecule has 0 radical (unpaired) electrons. The Balaban J connectivity index is 1.88. The van der Waals surface area contributed by atoms with E-state index in [4.69, 9.17) is 15.0 Å². The predicted molar refractivity (Wildman–Crippen MR) is 150 cm³/mol. The van der Waals surface area contributed by atoms with Crippen LogP contribution in [0.4, 0.5) is 16.3 Å². The first kappa shape index (κ1) is 31.2. The zero-order valence-electron chi connectivity index (χ0n) is 23.4. The first-order valence-corrected chi connectivity index (χ1v) is 12.7. The van der Waals surface area contributed by atoms with Gasteiger partial charge in [0.25, 0.3) is 11.8 Å². The molecule has 0 aliphatic heterocycles. The summed E-state index contributed by atoms with van der Waals surface area (Å²) in [5.74, 6) is -1.73. The van der Waals surface area contributed by atoms with Crippen LogP contribution in [0.25, 0.3) is 0 Å². The highest BCUT2D eigenvalue weighted by molar-refractivity contribution is 6.09. The molecule has 2 aromatic heterocycles. The van der Waals surface area contributed by atoms with Crippen LogP contribution in [0.1, 0.15) is 57.8 Å². The van der Waals surface area contributed by atoms with E-state index in [2.05, 4.69) is 30.2 Å². The topological polar surface area (TPSA) is 215 Å². The van der Waals surface area contributed by atoms with Gasteiger partial charge in [-0.3, -0.25) is 9.59 Å². The van der Waals surface area contributed by atoms with E-state index < -0.39 is 36.8 Å². The van der Waals surface area contributed by atoms with Crippen LogP contribution in [0.2, 0.25) is 0 Å². The summed E-state index contributed by atoms with van der Waals surface area (Å²) in [6.07, 6.45) is 1.75. The number of carbonyl (C=O) groups is 4. The second-order valence-electron chi connectivity index (χ2n) is 8.88. The SMILES string of the molecule is CCCN(C(=O)OCOC(=O)C(C)O)C(=O)c1c[nH]c(C(N=CN)=Nc2cc(C(=O)Nc3ccon3)ccc2C)c1C. The third kappa shape index (κ3) is 7.66. The zero-order chi connectivity index (χ0) is 30.8. The molecule has 1 atom stereocenters. The van der Waals surface area contributed by atoms with Gasteiger partial charge in [0.1, 0.15) is 12.4 Å². The molecule has 42 heavy (non-hydrogen) atoms. The van der Waals surface area contributed by atoms with Gasteiger partial charge in [0, 0.05) is 24.4 Å². The molecule has 0 bridgehead atoms. The van der Waals surface area contributed by atoms with Crippen LogP contribution in [0.15, 0.2) is 51.2 Å². The number of aliphatic imine (C=N–C) groups is 2. The number of hydrogen-bond donors (Lipinski definition) is 4. The maximum Gasteiger partial charge on any atom is 0.419 e. The van der Waals surface area contributed by atoms with E-state index in [1.54, 1.807) is 39.0 Å². The number of hydrogen-bond acceptors (Lipinski definition) is 10. The molecule has 1 aromatic carbocycles. The fraction of sp³-hybridized carbons (Fsp3) is 0.296. The minimum Gasteiger partial charge on any atom is -0.426 e. The van der Waals surface area contributed by atoms with Gasteiger partial charge in [-0.25, -0.2) is 24.5 Å². The molecule has 0 saturated heterocycles. The summed E-state index contributed by atoms with van der Waals surface area (Å²) in [6.45, 7) is 5.64. The number of aliphatic hydroxyl groups excluding tert-OH is 1. The lowest BCUT2D eigenvalue weighted by molar-refractivity contribution is -0.161. The maximum absolute atomic E-state index is 13.4. The molecule has 2 heterocycles. The Morgan fingerprint density at radius 2 is 2.00 bits per heavy atom. The van der Waals surface area contributed by atoms with Crippen molar-refractivity contribution in [2.75, 3.05) is 18.7 Å². The first-order valence-electron chi connectivity index (χ1n) is 12.7. The Hall–Kier alpha value is -5.31. The number of amides is 3. The standard InChI is InChI=1S/C27H31N7O8/c1-5-9-34(27(39)41-14-40-26(38)17(4)35)25(37)19-12-29-22(16(19)3)23(30-13-28)31-20-11-18(7-6-15(20)2)24(36)32-21-8-10-42-33-21/h6-8,10-13,17,29,35H,5,9,14H2,1-4H3,(H2,28,30,31)(H,32,33,36). The number of benzene rings is 1. The Morgan fingerprint density at radius 3 is 2.64 bits per heavy atom. The largest absolute Gasteiger partial charge is 0.426 e. The van der Waals surface area contributed by atoms with Crippen molar-refractivity contribution in [3.05, 3.63) is 64.7 Å². The number of esters is 1. The number of ether oxygens (including phenoxy) is 2. The number of anilines is 1. The highest BCUT2D eigenvalue weighted by Crippen LogP contribution is 2.24. The second-order valence-corrected chi connectivity index (χ2v) is 8.88. The van der Waals surface area contributed by atoms with E-state index in [0.29, 0.717) is 28.9 Å². The van der Waals surface area contributed by atoms with Crippen molar-refractivity contribution in [1.29, 1.82) is 0 Å². The van der Waals surface area contributed by atoms with Crippen molar-refractivity contribution in [2.24, 2.45) is 15.7 Å². The number of aliphatic hydroxyl groups is 1. The fourth-order valence-corrected chi connectivity index (χ4v) is 3.60. The van der Waals surface area contributed by atoms with Gasteiger partial charge >= 0.3 is 12.1 Å². The number of aryl methyl sites for hydroxylation is 1. The molecule has 5 N–H and O–H groups in total. The van der Waals surface area contributed by atoms with Crippen LogP contribution >= 0.6 is 0 Å². The molecule has 15 heteroatoms. The van der Waals surface area contributed by atoms with Gasteiger partial charge in [-0.15, -0.1) is 0 Å². The van der Waals surface area contributed by atoms with Gasteiger partial charge in [0.15, 0.2) is 11.7 Å². The average Bonchev–Trinajstić information content (AvgIpc) is 3.61. The molecule has 0 aliphatic rings. The Morgan fingerprint density at radius 1 is 1.24 bits per heavy atom. The monoisotopic (exact) mass is 581 g/mol. The molecular weight excluding hydrogens is 550 g/mol. The first-order chi connectivity index (χ1) is 20.1. The number of aromatic nitrogens is 2. The van der Waals surface area contributed by atoms with Crippen molar-refractivity contribution >= 4 is 47.6 Å². The summed E-state index contributed by atoms with van der Waals surface area (Å²) >= 11 is 0. The Bertz CT molecular complexity index is 1490.